The maximum absolute atomic E-state index is 13.3. The van der Waals surface area contributed by atoms with Crippen molar-refractivity contribution >= 4 is 0 Å². The molecular formula is C14H19F2N3O. The molecule has 6 heteroatoms. The first-order valence-corrected chi connectivity index (χ1v) is 6.95. The van der Waals surface area contributed by atoms with E-state index >= 15 is 0 Å². The highest BCUT2D eigenvalue weighted by atomic mass is 19.1. The van der Waals surface area contributed by atoms with Crippen LogP contribution >= 0.6 is 0 Å². The van der Waals surface area contributed by atoms with Gasteiger partial charge in [0, 0.05) is 18.7 Å². The summed E-state index contributed by atoms with van der Waals surface area (Å²) in [5.74, 6) is 4.38. The average molecular weight is 283 g/mol. The predicted octanol–water partition coefficient (Wildman–Crippen LogP) is 1.33. The van der Waals surface area contributed by atoms with Crippen LogP contribution in [0.4, 0.5) is 8.78 Å². The highest BCUT2D eigenvalue weighted by molar-refractivity contribution is 5.23. The number of nitrogens with zero attached hydrogens (tertiary/aromatic N) is 1. The summed E-state index contributed by atoms with van der Waals surface area (Å²) in [5.41, 5.74) is 3.12. The van der Waals surface area contributed by atoms with E-state index in [1.54, 1.807) is 0 Å². The Morgan fingerprint density at radius 1 is 1.30 bits per heavy atom. The first-order valence-electron chi connectivity index (χ1n) is 6.95. The normalized spacial score (nSPS) is 28.4. The zero-order chi connectivity index (χ0) is 14.1. The van der Waals surface area contributed by atoms with Crippen LogP contribution in [0.15, 0.2) is 18.2 Å². The van der Waals surface area contributed by atoms with Gasteiger partial charge in [-0.15, -0.1) is 0 Å². The van der Waals surface area contributed by atoms with Gasteiger partial charge in [-0.05, 0) is 37.1 Å². The lowest BCUT2D eigenvalue weighted by Crippen LogP contribution is -2.51. The van der Waals surface area contributed by atoms with Crippen molar-refractivity contribution in [2.45, 2.75) is 31.0 Å². The lowest BCUT2D eigenvalue weighted by atomic mass is 9.99. The van der Waals surface area contributed by atoms with Gasteiger partial charge in [0.25, 0.3) is 0 Å². The van der Waals surface area contributed by atoms with Crippen LogP contribution in [-0.4, -0.2) is 36.7 Å². The summed E-state index contributed by atoms with van der Waals surface area (Å²) in [6.07, 6.45) is 2.13. The lowest BCUT2D eigenvalue weighted by molar-refractivity contribution is -0.0653. The van der Waals surface area contributed by atoms with Crippen LogP contribution in [0.25, 0.3) is 0 Å². The molecule has 0 radical (unpaired) electrons. The molecule has 20 heavy (non-hydrogen) atoms. The third-order valence-electron chi connectivity index (χ3n) is 4.21. The highest BCUT2D eigenvalue weighted by Crippen LogP contribution is 2.29. The number of fused-ring (bicyclic) bond motifs is 1. The molecule has 1 aromatic rings. The molecule has 0 aromatic heterocycles. The van der Waals surface area contributed by atoms with Gasteiger partial charge in [-0.2, -0.15) is 0 Å². The van der Waals surface area contributed by atoms with Crippen molar-refractivity contribution in [3.63, 3.8) is 0 Å². The molecule has 4 nitrogen and oxygen atoms in total. The topological polar surface area (TPSA) is 50.5 Å². The summed E-state index contributed by atoms with van der Waals surface area (Å²) in [5, 5.41) is 0. The van der Waals surface area contributed by atoms with Crippen molar-refractivity contribution < 1.29 is 13.5 Å². The van der Waals surface area contributed by atoms with E-state index in [-0.39, 0.29) is 6.10 Å². The Balaban J connectivity index is 1.79. The zero-order valence-electron chi connectivity index (χ0n) is 11.2. The van der Waals surface area contributed by atoms with Crippen LogP contribution in [0.3, 0.4) is 0 Å². The second kappa shape index (κ2) is 5.73. The van der Waals surface area contributed by atoms with E-state index in [1.165, 1.54) is 18.6 Å². The van der Waals surface area contributed by atoms with Gasteiger partial charge in [0.05, 0.1) is 18.8 Å². The minimum Gasteiger partial charge on any atom is -0.373 e. The minimum absolute atomic E-state index is 0.199. The summed E-state index contributed by atoms with van der Waals surface area (Å²) in [6, 6.07) is 3.52. The summed E-state index contributed by atoms with van der Waals surface area (Å²) in [6.45, 7) is 2.44. The molecule has 110 valence electrons. The molecule has 0 saturated carbocycles. The lowest BCUT2D eigenvalue weighted by Gasteiger charge is -2.38. The van der Waals surface area contributed by atoms with Crippen LogP contribution < -0.4 is 11.3 Å². The van der Waals surface area contributed by atoms with Gasteiger partial charge in [-0.25, -0.2) is 8.78 Å². The molecule has 3 N–H and O–H groups in total. The maximum atomic E-state index is 13.3. The van der Waals surface area contributed by atoms with E-state index in [2.05, 4.69) is 10.3 Å². The summed E-state index contributed by atoms with van der Waals surface area (Å²) in [7, 11) is 0. The zero-order valence-corrected chi connectivity index (χ0v) is 11.2. The summed E-state index contributed by atoms with van der Waals surface area (Å²) in [4.78, 5) is 2.37. The maximum Gasteiger partial charge on any atom is 0.126 e. The van der Waals surface area contributed by atoms with Crippen molar-refractivity contribution in [3.8, 4) is 0 Å². The van der Waals surface area contributed by atoms with Crippen LogP contribution in [0.1, 0.15) is 24.4 Å². The van der Waals surface area contributed by atoms with Crippen LogP contribution in [0.5, 0.6) is 0 Å². The molecule has 2 heterocycles. The Kier molecular flexibility index (Phi) is 3.98. The Morgan fingerprint density at radius 2 is 2.05 bits per heavy atom. The largest absolute Gasteiger partial charge is 0.373 e. The Labute approximate surface area is 116 Å². The van der Waals surface area contributed by atoms with Gasteiger partial charge >= 0.3 is 0 Å². The van der Waals surface area contributed by atoms with Gasteiger partial charge in [-0.3, -0.25) is 16.2 Å². The number of nitrogens with two attached hydrogens (primary N) is 1. The van der Waals surface area contributed by atoms with Crippen molar-refractivity contribution in [3.05, 3.63) is 35.4 Å². The molecule has 3 rings (SSSR count). The van der Waals surface area contributed by atoms with Crippen molar-refractivity contribution in [1.82, 2.24) is 10.3 Å². The van der Waals surface area contributed by atoms with E-state index in [4.69, 9.17) is 10.6 Å². The fraction of sp³-hybridized carbons (Fsp3) is 0.571. The number of hydrazine groups is 1. The number of nitrogens with one attached hydrogen (secondary N) is 1. The molecule has 0 spiro atoms. The van der Waals surface area contributed by atoms with Gasteiger partial charge in [0.2, 0.25) is 0 Å². The van der Waals surface area contributed by atoms with E-state index in [0.29, 0.717) is 18.2 Å². The number of morpholine rings is 1. The number of hydrogen-bond donors (Lipinski definition) is 2. The Morgan fingerprint density at radius 3 is 2.75 bits per heavy atom. The monoisotopic (exact) mass is 283 g/mol. The molecule has 0 aliphatic carbocycles. The number of rotatable bonds is 3. The minimum atomic E-state index is -0.602. The SMILES string of the molecule is NNC(c1cc(F)cc(F)c1)C1CN2CCCC2CO1. The molecular weight excluding hydrogens is 264 g/mol. The van der Waals surface area contributed by atoms with E-state index in [1.807, 2.05) is 0 Å². The molecule has 2 aliphatic rings. The summed E-state index contributed by atoms with van der Waals surface area (Å²) >= 11 is 0. The number of halogens is 2. The second-order valence-electron chi connectivity index (χ2n) is 5.51. The first-order chi connectivity index (χ1) is 9.67. The van der Waals surface area contributed by atoms with Crippen LogP contribution in [0, 0.1) is 11.6 Å². The first kappa shape index (κ1) is 13.9. The van der Waals surface area contributed by atoms with E-state index in [9.17, 15) is 8.78 Å². The molecule has 0 amide bonds. The molecule has 2 fully saturated rings. The van der Waals surface area contributed by atoms with Crippen molar-refractivity contribution in [2.24, 2.45) is 5.84 Å². The molecule has 3 unspecified atom stereocenters. The van der Waals surface area contributed by atoms with Gasteiger partial charge < -0.3 is 4.74 Å². The van der Waals surface area contributed by atoms with Crippen molar-refractivity contribution in [2.75, 3.05) is 19.7 Å². The fourth-order valence-corrected chi connectivity index (χ4v) is 3.22. The standard InChI is InChI=1S/C14H19F2N3O/c15-10-4-9(5-11(16)6-10)14(18-17)13-7-19-3-1-2-12(19)8-20-13/h4-6,12-14,18H,1-3,7-8,17H2. The predicted molar refractivity (Wildman–Crippen MR) is 70.8 cm³/mol. The summed E-state index contributed by atoms with van der Waals surface area (Å²) < 4.78 is 32.5. The van der Waals surface area contributed by atoms with Gasteiger partial charge in [0.1, 0.15) is 11.6 Å². The van der Waals surface area contributed by atoms with Crippen molar-refractivity contribution in [1.29, 1.82) is 0 Å². The molecule has 0 bridgehead atoms. The molecule has 2 saturated heterocycles. The quantitative estimate of drug-likeness (QED) is 0.649. The number of benzene rings is 1. The van der Waals surface area contributed by atoms with Gasteiger partial charge in [-0.1, -0.05) is 0 Å². The van der Waals surface area contributed by atoms with Crippen LogP contribution in [-0.2, 0) is 4.74 Å². The average Bonchev–Trinajstić information content (AvgIpc) is 2.86. The fourth-order valence-electron chi connectivity index (χ4n) is 3.22. The highest BCUT2D eigenvalue weighted by Gasteiger charge is 2.36. The van der Waals surface area contributed by atoms with Gasteiger partial charge in [0.15, 0.2) is 0 Å². The second-order valence-corrected chi connectivity index (χ2v) is 5.51. The van der Waals surface area contributed by atoms with Crippen LogP contribution in [0.2, 0.25) is 0 Å². The Hall–Kier alpha value is -1.08. The third kappa shape index (κ3) is 2.69. The molecule has 1 aromatic carbocycles. The van der Waals surface area contributed by atoms with E-state index < -0.39 is 17.7 Å². The number of hydrogen-bond acceptors (Lipinski definition) is 4. The molecule has 2 aliphatic heterocycles. The number of ether oxygens (including phenoxy) is 1. The van der Waals surface area contributed by atoms with E-state index in [0.717, 1.165) is 25.6 Å². The Bertz CT molecular complexity index is 465. The third-order valence-corrected chi connectivity index (χ3v) is 4.21. The molecule has 3 atom stereocenters. The smallest absolute Gasteiger partial charge is 0.126 e.